The molecule has 104 valence electrons. The number of anilines is 1. The molecule has 0 spiro atoms. The first-order chi connectivity index (χ1) is 9.65. The number of amides is 1. The van der Waals surface area contributed by atoms with Crippen molar-refractivity contribution in [2.75, 3.05) is 18.0 Å². The van der Waals surface area contributed by atoms with E-state index in [1.165, 1.54) is 0 Å². The fourth-order valence-electron chi connectivity index (χ4n) is 2.81. The highest BCUT2D eigenvalue weighted by Crippen LogP contribution is 2.30. The molecule has 1 aromatic carbocycles. The molecule has 1 saturated heterocycles. The van der Waals surface area contributed by atoms with Crippen molar-refractivity contribution in [3.63, 3.8) is 0 Å². The van der Waals surface area contributed by atoms with Gasteiger partial charge in [-0.2, -0.15) is 0 Å². The van der Waals surface area contributed by atoms with Crippen LogP contribution in [-0.4, -0.2) is 24.0 Å². The number of hydrogen-bond donors (Lipinski definition) is 1. The quantitative estimate of drug-likeness (QED) is 0.919. The second kappa shape index (κ2) is 5.40. The van der Waals surface area contributed by atoms with Crippen molar-refractivity contribution in [2.24, 2.45) is 11.7 Å². The predicted octanol–water partition coefficient (Wildman–Crippen LogP) is 2.70. The number of piperidine rings is 1. The van der Waals surface area contributed by atoms with Crippen LogP contribution in [0.1, 0.15) is 12.8 Å². The molecular weight excluding hydrogens is 318 g/mol. The average molecular weight is 334 g/mol. The third-order valence-electron chi connectivity index (χ3n) is 3.85. The minimum atomic E-state index is -0.198. The maximum Gasteiger partial charge on any atom is 0.222 e. The second-order valence-electron chi connectivity index (χ2n) is 5.18. The summed E-state index contributed by atoms with van der Waals surface area (Å²) >= 11 is 3.47. The molecule has 0 aliphatic carbocycles. The van der Waals surface area contributed by atoms with Crippen LogP contribution in [-0.2, 0) is 4.79 Å². The van der Waals surface area contributed by atoms with E-state index in [1.54, 1.807) is 0 Å². The van der Waals surface area contributed by atoms with Crippen LogP contribution >= 0.6 is 15.9 Å². The first-order valence-corrected chi connectivity index (χ1v) is 7.53. The number of aromatic nitrogens is 1. The van der Waals surface area contributed by atoms with Crippen LogP contribution in [0, 0.1) is 5.92 Å². The van der Waals surface area contributed by atoms with E-state index < -0.39 is 0 Å². The number of rotatable bonds is 2. The van der Waals surface area contributed by atoms with Crippen LogP contribution in [0.3, 0.4) is 0 Å². The van der Waals surface area contributed by atoms with Crippen molar-refractivity contribution in [1.29, 1.82) is 0 Å². The van der Waals surface area contributed by atoms with Gasteiger partial charge in [-0.1, -0.05) is 15.9 Å². The summed E-state index contributed by atoms with van der Waals surface area (Å²) in [6.07, 6.45) is 3.70. The van der Waals surface area contributed by atoms with Crippen LogP contribution < -0.4 is 10.6 Å². The molecule has 1 amide bonds. The Bertz CT molecular complexity index is 659. The normalized spacial score (nSPS) is 19.2. The van der Waals surface area contributed by atoms with Gasteiger partial charge >= 0.3 is 0 Å². The largest absolute Gasteiger partial charge is 0.370 e. The van der Waals surface area contributed by atoms with Gasteiger partial charge in [-0.15, -0.1) is 0 Å². The van der Waals surface area contributed by atoms with Crippen molar-refractivity contribution >= 4 is 38.4 Å². The van der Waals surface area contributed by atoms with E-state index in [0.717, 1.165) is 40.4 Å². The highest BCUT2D eigenvalue weighted by molar-refractivity contribution is 9.10. The summed E-state index contributed by atoms with van der Waals surface area (Å²) in [5.41, 5.74) is 7.55. The van der Waals surface area contributed by atoms with Crippen molar-refractivity contribution in [3.05, 3.63) is 34.9 Å². The maximum absolute atomic E-state index is 11.4. The van der Waals surface area contributed by atoms with E-state index in [-0.39, 0.29) is 11.8 Å². The molecule has 2 heterocycles. The van der Waals surface area contributed by atoms with Crippen molar-refractivity contribution < 1.29 is 4.79 Å². The van der Waals surface area contributed by atoms with Gasteiger partial charge in [-0.3, -0.25) is 9.78 Å². The molecule has 0 radical (unpaired) electrons. The first-order valence-electron chi connectivity index (χ1n) is 6.73. The Morgan fingerprint density at radius 1 is 1.40 bits per heavy atom. The van der Waals surface area contributed by atoms with Crippen molar-refractivity contribution in [3.8, 4) is 0 Å². The number of pyridine rings is 1. The number of nitrogens with zero attached hydrogens (tertiary/aromatic N) is 2. The Hall–Kier alpha value is -1.62. The zero-order valence-corrected chi connectivity index (χ0v) is 12.6. The molecule has 0 unspecified atom stereocenters. The van der Waals surface area contributed by atoms with Crippen LogP contribution in [0.4, 0.5) is 5.69 Å². The summed E-state index contributed by atoms with van der Waals surface area (Å²) in [4.78, 5) is 18.1. The van der Waals surface area contributed by atoms with Crippen LogP contribution in [0.2, 0.25) is 0 Å². The third-order valence-corrected chi connectivity index (χ3v) is 4.34. The van der Waals surface area contributed by atoms with Gasteiger partial charge in [0.15, 0.2) is 0 Å². The molecule has 4 nitrogen and oxygen atoms in total. The molecule has 1 aromatic heterocycles. The van der Waals surface area contributed by atoms with Crippen LogP contribution in [0.15, 0.2) is 34.9 Å². The second-order valence-corrected chi connectivity index (χ2v) is 6.09. The fraction of sp³-hybridized carbons (Fsp3) is 0.333. The number of benzene rings is 1. The van der Waals surface area contributed by atoms with Gasteiger partial charge in [0, 0.05) is 34.8 Å². The molecule has 2 aromatic rings. The molecule has 20 heavy (non-hydrogen) atoms. The van der Waals surface area contributed by atoms with Crippen molar-refractivity contribution in [2.45, 2.75) is 12.8 Å². The standard InChI is InChI=1S/C15H16BrN3O/c16-11-3-4-12-13(8-11)18-6-5-14(12)19-7-1-2-10(9-19)15(17)20/h3-6,8,10H,1-2,7,9H2,(H2,17,20)/t10-/m1/s1. The van der Waals surface area contributed by atoms with Gasteiger partial charge in [0.2, 0.25) is 5.91 Å². The molecule has 3 rings (SSSR count). The number of halogens is 1. The van der Waals surface area contributed by atoms with E-state index >= 15 is 0 Å². The summed E-state index contributed by atoms with van der Waals surface area (Å²) < 4.78 is 1.02. The van der Waals surface area contributed by atoms with Gasteiger partial charge in [-0.05, 0) is 37.1 Å². The number of hydrogen-bond acceptors (Lipinski definition) is 3. The van der Waals surface area contributed by atoms with E-state index in [0.29, 0.717) is 6.54 Å². The predicted molar refractivity (Wildman–Crippen MR) is 83.6 cm³/mol. The lowest BCUT2D eigenvalue weighted by Crippen LogP contribution is -2.41. The number of nitrogens with two attached hydrogens (primary N) is 1. The lowest BCUT2D eigenvalue weighted by atomic mass is 9.96. The third kappa shape index (κ3) is 2.50. The molecule has 1 fully saturated rings. The topological polar surface area (TPSA) is 59.2 Å². The summed E-state index contributed by atoms with van der Waals surface area (Å²) in [6, 6.07) is 8.10. The maximum atomic E-state index is 11.4. The minimum Gasteiger partial charge on any atom is -0.370 e. The number of primary amides is 1. The van der Waals surface area contributed by atoms with E-state index in [2.05, 4.69) is 31.9 Å². The highest BCUT2D eigenvalue weighted by atomic mass is 79.9. The molecule has 1 aliphatic rings. The SMILES string of the molecule is NC(=O)[C@@H]1CCCN(c2ccnc3cc(Br)ccc23)C1. The number of carbonyl (C=O) groups excluding carboxylic acids is 1. The molecule has 1 aliphatic heterocycles. The number of fused-ring (bicyclic) bond motifs is 1. The Balaban J connectivity index is 1.99. The minimum absolute atomic E-state index is 0.0533. The fourth-order valence-corrected chi connectivity index (χ4v) is 3.16. The van der Waals surface area contributed by atoms with Crippen molar-refractivity contribution in [1.82, 2.24) is 4.98 Å². The summed E-state index contributed by atoms with van der Waals surface area (Å²) in [5.74, 6) is -0.252. The number of carbonyl (C=O) groups is 1. The zero-order chi connectivity index (χ0) is 14.1. The lowest BCUT2D eigenvalue weighted by Gasteiger charge is -2.33. The summed E-state index contributed by atoms with van der Waals surface area (Å²) in [6.45, 7) is 1.66. The van der Waals surface area contributed by atoms with E-state index in [9.17, 15) is 4.79 Å². The Kier molecular flexibility index (Phi) is 3.61. The Morgan fingerprint density at radius 2 is 2.25 bits per heavy atom. The van der Waals surface area contributed by atoms with E-state index in [4.69, 9.17) is 5.73 Å². The van der Waals surface area contributed by atoms with Gasteiger partial charge in [0.05, 0.1) is 11.4 Å². The molecule has 5 heteroatoms. The highest BCUT2D eigenvalue weighted by Gasteiger charge is 2.25. The molecule has 1 atom stereocenters. The zero-order valence-electron chi connectivity index (χ0n) is 11.1. The van der Waals surface area contributed by atoms with Gasteiger partial charge < -0.3 is 10.6 Å². The van der Waals surface area contributed by atoms with Crippen LogP contribution in [0.5, 0.6) is 0 Å². The van der Waals surface area contributed by atoms with Crippen LogP contribution in [0.25, 0.3) is 10.9 Å². The average Bonchev–Trinajstić information content (AvgIpc) is 2.46. The van der Waals surface area contributed by atoms with Gasteiger partial charge in [-0.25, -0.2) is 0 Å². The monoisotopic (exact) mass is 333 g/mol. The lowest BCUT2D eigenvalue weighted by molar-refractivity contribution is -0.122. The summed E-state index contributed by atoms with van der Waals surface area (Å²) in [7, 11) is 0. The smallest absolute Gasteiger partial charge is 0.222 e. The van der Waals surface area contributed by atoms with Gasteiger partial charge in [0.1, 0.15) is 0 Å². The summed E-state index contributed by atoms with van der Waals surface area (Å²) in [5, 5.41) is 1.11. The van der Waals surface area contributed by atoms with E-state index in [1.807, 2.05) is 24.4 Å². The Morgan fingerprint density at radius 3 is 3.05 bits per heavy atom. The first kappa shape index (κ1) is 13.4. The molecule has 0 bridgehead atoms. The Labute approximate surface area is 126 Å². The molecule has 0 saturated carbocycles. The molecule has 2 N–H and O–H groups in total. The van der Waals surface area contributed by atoms with Gasteiger partial charge in [0.25, 0.3) is 0 Å². The molecular formula is C15H16BrN3O.